The first-order chi connectivity index (χ1) is 19.1. The quantitative estimate of drug-likeness (QED) is 0.234. The minimum atomic E-state index is -1.70. The van der Waals surface area contributed by atoms with E-state index < -0.39 is 41.0 Å². The molecule has 1 aliphatic rings. The standard InChI is InChI=1S/C33H38N2O5/c1-5-6-19-40-27-18-12-9-15-23(27)28-29(31(37)34-24-16-10-7-13-21(24)2)26(36)20-33(4,39)30(28)32(38)35-25-17-11-8-14-22(25)3/h7-18,28-30,39H,5-6,19-20H2,1-4H3,(H,34,37)(H,35,38). The van der Waals surface area contributed by atoms with Gasteiger partial charge in [-0.05, 0) is 62.1 Å². The van der Waals surface area contributed by atoms with E-state index in [4.69, 9.17) is 4.74 Å². The predicted octanol–water partition coefficient (Wildman–Crippen LogP) is 5.80. The van der Waals surface area contributed by atoms with Gasteiger partial charge in [-0.1, -0.05) is 67.9 Å². The number of aliphatic hydroxyl groups is 1. The maximum Gasteiger partial charge on any atom is 0.235 e. The Bertz CT molecular complexity index is 1380. The van der Waals surface area contributed by atoms with Crippen LogP contribution in [0.3, 0.4) is 0 Å². The van der Waals surface area contributed by atoms with Crippen molar-refractivity contribution in [1.29, 1.82) is 0 Å². The number of amides is 2. The molecular formula is C33H38N2O5. The Kier molecular flexibility index (Phi) is 9.05. The van der Waals surface area contributed by atoms with Crippen LogP contribution in [0.25, 0.3) is 0 Å². The van der Waals surface area contributed by atoms with Gasteiger partial charge in [0.05, 0.1) is 18.1 Å². The van der Waals surface area contributed by atoms with Gasteiger partial charge in [0.2, 0.25) is 11.8 Å². The van der Waals surface area contributed by atoms with E-state index in [1.54, 1.807) is 30.3 Å². The summed E-state index contributed by atoms with van der Waals surface area (Å²) in [5.74, 6) is -4.22. The molecule has 3 aromatic carbocycles. The Morgan fingerprint density at radius 2 is 1.45 bits per heavy atom. The lowest BCUT2D eigenvalue weighted by Crippen LogP contribution is -2.56. The summed E-state index contributed by atoms with van der Waals surface area (Å²) in [5, 5.41) is 17.5. The van der Waals surface area contributed by atoms with Crippen molar-refractivity contribution < 1.29 is 24.2 Å². The Morgan fingerprint density at radius 1 is 0.900 bits per heavy atom. The average Bonchev–Trinajstić information content (AvgIpc) is 2.90. The second kappa shape index (κ2) is 12.5. The van der Waals surface area contributed by atoms with Crippen LogP contribution in [0.4, 0.5) is 11.4 Å². The van der Waals surface area contributed by atoms with Gasteiger partial charge >= 0.3 is 0 Å². The molecule has 0 aromatic heterocycles. The number of ketones is 1. The van der Waals surface area contributed by atoms with E-state index in [1.165, 1.54) is 6.92 Å². The van der Waals surface area contributed by atoms with Crippen molar-refractivity contribution in [3.63, 3.8) is 0 Å². The normalized spacial score (nSPS) is 22.4. The van der Waals surface area contributed by atoms with Crippen molar-refractivity contribution in [1.82, 2.24) is 0 Å². The summed E-state index contributed by atoms with van der Waals surface area (Å²) < 4.78 is 6.11. The Balaban J connectivity index is 1.82. The number of carbonyl (C=O) groups excluding carboxylic acids is 3. The molecule has 4 rings (SSSR count). The molecular weight excluding hydrogens is 504 g/mol. The molecule has 3 N–H and O–H groups in total. The lowest BCUT2D eigenvalue weighted by molar-refractivity contribution is -0.150. The maximum absolute atomic E-state index is 14.0. The number of unbranched alkanes of at least 4 members (excludes halogenated alkanes) is 1. The topological polar surface area (TPSA) is 105 Å². The van der Waals surface area contributed by atoms with E-state index in [1.807, 2.05) is 56.3 Å². The number of carbonyl (C=O) groups is 3. The highest BCUT2D eigenvalue weighted by molar-refractivity contribution is 6.10. The molecule has 0 saturated heterocycles. The summed E-state index contributed by atoms with van der Waals surface area (Å²) in [4.78, 5) is 41.6. The number of anilines is 2. The fourth-order valence-corrected chi connectivity index (χ4v) is 5.53. The molecule has 7 heteroatoms. The highest BCUT2D eigenvalue weighted by Crippen LogP contribution is 2.49. The number of para-hydroxylation sites is 3. The number of hydrogen-bond donors (Lipinski definition) is 3. The maximum atomic E-state index is 14.0. The van der Waals surface area contributed by atoms with Crippen molar-refractivity contribution in [3.05, 3.63) is 89.5 Å². The van der Waals surface area contributed by atoms with Crippen molar-refractivity contribution in [2.75, 3.05) is 17.2 Å². The summed E-state index contributed by atoms with van der Waals surface area (Å²) in [6, 6.07) is 21.9. The van der Waals surface area contributed by atoms with Crippen molar-refractivity contribution >= 4 is 29.0 Å². The predicted molar refractivity (Wildman–Crippen MR) is 156 cm³/mol. The molecule has 210 valence electrons. The highest BCUT2D eigenvalue weighted by atomic mass is 16.5. The molecule has 40 heavy (non-hydrogen) atoms. The fourth-order valence-electron chi connectivity index (χ4n) is 5.53. The van der Waals surface area contributed by atoms with E-state index in [9.17, 15) is 19.5 Å². The van der Waals surface area contributed by atoms with Gasteiger partial charge in [0, 0.05) is 23.7 Å². The molecule has 0 bridgehead atoms. The number of benzene rings is 3. The minimum Gasteiger partial charge on any atom is -0.493 e. The van der Waals surface area contributed by atoms with Gasteiger partial charge in [0.25, 0.3) is 0 Å². The SMILES string of the molecule is CCCCOc1ccccc1C1C(C(=O)Nc2ccccc2C)C(=O)CC(C)(O)C1C(=O)Nc1ccccc1C. The zero-order valence-electron chi connectivity index (χ0n) is 23.6. The van der Waals surface area contributed by atoms with Gasteiger partial charge in [-0.15, -0.1) is 0 Å². The van der Waals surface area contributed by atoms with E-state index in [0.717, 1.165) is 24.0 Å². The van der Waals surface area contributed by atoms with Crippen LogP contribution in [0.15, 0.2) is 72.8 Å². The third kappa shape index (κ3) is 6.26. The van der Waals surface area contributed by atoms with Gasteiger partial charge in [-0.2, -0.15) is 0 Å². The third-order valence-electron chi connectivity index (χ3n) is 7.67. The molecule has 4 atom stereocenters. The smallest absolute Gasteiger partial charge is 0.235 e. The molecule has 4 unspecified atom stereocenters. The lowest BCUT2D eigenvalue weighted by Gasteiger charge is -2.44. The summed E-state index contributed by atoms with van der Waals surface area (Å²) >= 11 is 0. The number of aryl methyl sites for hydroxylation is 2. The van der Waals surface area contributed by atoms with Crippen LogP contribution in [0.5, 0.6) is 5.75 Å². The van der Waals surface area contributed by atoms with Gasteiger partial charge in [0.1, 0.15) is 17.5 Å². The van der Waals surface area contributed by atoms with Crippen LogP contribution >= 0.6 is 0 Å². The van der Waals surface area contributed by atoms with Gasteiger partial charge in [-0.25, -0.2) is 0 Å². The van der Waals surface area contributed by atoms with Crippen LogP contribution in [0.1, 0.15) is 55.7 Å². The molecule has 1 aliphatic carbocycles. The number of Topliss-reactive ketones (excluding diaryl/α,β-unsaturated/α-hetero) is 1. The molecule has 1 saturated carbocycles. The molecule has 0 aliphatic heterocycles. The second-order valence-electron chi connectivity index (χ2n) is 10.8. The second-order valence-corrected chi connectivity index (χ2v) is 10.8. The summed E-state index contributed by atoms with van der Waals surface area (Å²) in [5.41, 5.74) is 1.74. The van der Waals surface area contributed by atoms with Gasteiger partial charge in [-0.3, -0.25) is 14.4 Å². The number of rotatable bonds is 9. The van der Waals surface area contributed by atoms with Crippen LogP contribution < -0.4 is 15.4 Å². The summed E-state index contributed by atoms with van der Waals surface area (Å²) in [6.45, 7) is 7.76. The number of ether oxygens (including phenoxy) is 1. The zero-order chi connectivity index (χ0) is 28.9. The number of hydrogen-bond acceptors (Lipinski definition) is 5. The molecule has 0 heterocycles. The van der Waals surface area contributed by atoms with E-state index in [-0.39, 0.29) is 6.42 Å². The van der Waals surface area contributed by atoms with Gasteiger partial charge in [0.15, 0.2) is 0 Å². The molecule has 0 spiro atoms. The molecule has 2 amide bonds. The van der Waals surface area contributed by atoms with E-state index in [0.29, 0.717) is 29.3 Å². The van der Waals surface area contributed by atoms with Crippen LogP contribution in [-0.2, 0) is 14.4 Å². The first-order valence-corrected chi connectivity index (χ1v) is 13.8. The summed E-state index contributed by atoms with van der Waals surface area (Å²) in [7, 11) is 0. The van der Waals surface area contributed by atoms with Crippen molar-refractivity contribution in [2.45, 2.75) is 58.5 Å². The molecule has 3 aromatic rings. The largest absolute Gasteiger partial charge is 0.493 e. The van der Waals surface area contributed by atoms with Gasteiger partial charge < -0.3 is 20.5 Å². The lowest BCUT2D eigenvalue weighted by atomic mass is 9.61. The molecule has 7 nitrogen and oxygen atoms in total. The average molecular weight is 543 g/mol. The van der Waals surface area contributed by atoms with Crippen molar-refractivity contribution in [3.8, 4) is 5.75 Å². The Hall–Kier alpha value is -3.97. The third-order valence-corrected chi connectivity index (χ3v) is 7.67. The monoisotopic (exact) mass is 542 g/mol. The molecule has 0 radical (unpaired) electrons. The summed E-state index contributed by atoms with van der Waals surface area (Å²) in [6.07, 6.45) is 1.42. The van der Waals surface area contributed by atoms with E-state index in [2.05, 4.69) is 17.6 Å². The number of nitrogens with one attached hydrogen (secondary N) is 2. The highest BCUT2D eigenvalue weighted by Gasteiger charge is 2.56. The zero-order valence-corrected chi connectivity index (χ0v) is 23.6. The fraction of sp³-hybridized carbons (Fsp3) is 0.364. The van der Waals surface area contributed by atoms with E-state index >= 15 is 0 Å². The Labute approximate surface area is 236 Å². The van der Waals surface area contributed by atoms with Crippen LogP contribution in [0.2, 0.25) is 0 Å². The van der Waals surface area contributed by atoms with Crippen molar-refractivity contribution in [2.24, 2.45) is 11.8 Å². The van der Waals surface area contributed by atoms with Crippen LogP contribution in [0, 0.1) is 25.7 Å². The first-order valence-electron chi connectivity index (χ1n) is 13.8. The molecule has 1 fully saturated rings. The Morgan fingerprint density at radius 3 is 2.05 bits per heavy atom. The van der Waals surface area contributed by atoms with Crippen LogP contribution in [-0.4, -0.2) is 34.9 Å². The first kappa shape index (κ1) is 29.0. The minimum absolute atomic E-state index is 0.333.